The van der Waals surface area contributed by atoms with Crippen molar-refractivity contribution in [3.05, 3.63) is 51.7 Å². The molecule has 2 nitrogen and oxygen atoms in total. The van der Waals surface area contributed by atoms with Crippen LogP contribution >= 0.6 is 11.3 Å². The van der Waals surface area contributed by atoms with Gasteiger partial charge in [0, 0.05) is 18.0 Å². The summed E-state index contributed by atoms with van der Waals surface area (Å²) in [7, 11) is 0. The average Bonchev–Trinajstić information content (AvgIpc) is 2.86. The molecule has 0 unspecified atom stereocenters. The first-order valence-corrected chi connectivity index (χ1v) is 8.08. The molecule has 0 amide bonds. The fourth-order valence-electron chi connectivity index (χ4n) is 2.16. The molecule has 1 aromatic carbocycles. The van der Waals surface area contributed by atoms with Crippen molar-refractivity contribution in [3.8, 4) is 5.75 Å². The van der Waals surface area contributed by atoms with E-state index in [0.717, 1.165) is 25.3 Å². The number of ether oxygens (including phenoxy) is 1. The number of benzene rings is 1. The van der Waals surface area contributed by atoms with E-state index in [-0.39, 0.29) is 6.10 Å². The summed E-state index contributed by atoms with van der Waals surface area (Å²) in [6.07, 6.45) is 1.33. The Bertz CT molecular complexity index is 533. The van der Waals surface area contributed by atoms with Crippen LogP contribution < -0.4 is 10.1 Å². The monoisotopic (exact) mass is 289 g/mol. The van der Waals surface area contributed by atoms with E-state index in [0.29, 0.717) is 0 Å². The number of hydrogen-bond donors (Lipinski definition) is 1. The van der Waals surface area contributed by atoms with E-state index >= 15 is 0 Å². The van der Waals surface area contributed by atoms with E-state index in [1.807, 2.05) is 31.3 Å². The molecule has 0 aliphatic heterocycles. The van der Waals surface area contributed by atoms with Gasteiger partial charge in [-0.3, -0.25) is 0 Å². The largest absolute Gasteiger partial charge is 0.491 e. The molecule has 0 atom stereocenters. The van der Waals surface area contributed by atoms with Crippen LogP contribution in [0.25, 0.3) is 0 Å². The van der Waals surface area contributed by atoms with E-state index < -0.39 is 0 Å². The first-order valence-electron chi connectivity index (χ1n) is 7.20. The molecule has 1 N–H and O–H groups in total. The first-order chi connectivity index (χ1) is 9.69. The van der Waals surface area contributed by atoms with Gasteiger partial charge in [-0.15, -0.1) is 11.3 Å². The molecule has 0 aliphatic rings. The van der Waals surface area contributed by atoms with Gasteiger partial charge in [-0.05, 0) is 55.0 Å². The lowest BCUT2D eigenvalue weighted by Crippen LogP contribution is -2.13. The molecule has 0 bridgehead atoms. The number of thiophene rings is 1. The zero-order valence-electron chi connectivity index (χ0n) is 12.5. The first kappa shape index (κ1) is 15.1. The molecule has 108 valence electrons. The molecule has 0 saturated heterocycles. The lowest BCUT2D eigenvalue weighted by Gasteiger charge is -2.11. The number of aryl methyl sites for hydroxylation is 1. The lowest BCUT2D eigenvalue weighted by atomic mass is 10.2. The van der Waals surface area contributed by atoms with Crippen molar-refractivity contribution in [1.29, 1.82) is 0 Å². The Balaban J connectivity index is 1.88. The minimum atomic E-state index is 0.219. The second-order valence-electron chi connectivity index (χ2n) is 5.14. The van der Waals surface area contributed by atoms with Crippen molar-refractivity contribution in [3.63, 3.8) is 0 Å². The molecule has 0 saturated carbocycles. The number of nitrogens with one attached hydrogen (secondary N) is 1. The molecule has 2 aromatic rings. The molecular weight excluding hydrogens is 266 g/mol. The van der Waals surface area contributed by atoms with Crippen LogP contribution in [0.15, 0.2) is 35.7 Å². The van der Waals surface area contributed by atoms with Crippen molar-refractivity contribution in [1.82, 2.24) is 5.32 Å². The maximum atomic E-state index is 5.72. The van der Waals surface area contributed by atoms with E-state index in [1.165, 1.54) is 16.0 Å². The topological polar surface area (TPSA) is 21.3 Å². The number of rotatable bonds is 7. The second kappa shape index (κ2) is 7.46. The molecule has 20 heavy (non-hydrogen) atoms. The van der Waals surface area contributed by atoms with Crippen molar-refractivity contribution < 1.29 is 4.74 Å². The third-order valence-corrected chi connectivity index (χ3v) is 4.07. The highest BCUT2D eigenvalue weighted by Gasteiger charge is 2.03. The molecule has 2 rings (SSSR count). The predicted octanol–water partition coefficient (Wildman–Crippen LogP) is 4.39. The van der Waals surface area contributed by atoms with Crippen molar-refractivity contribution in [2.24, 2.45) is 0 Å². The molecule has 0 spiro atoms. The van der Waals surface area contributed by atoms with E-state index in [4.69, 9.17) is 4.74 Å². The Morgan fingerprint density at radius 2 is 2.05 bits per heavy atom. The van der Waals surface area contributed by atoms with Crippen LogP contribution in [-0.2, 0) is 19.5 Å². The third-order valence-electron chi connectivity index (χ3n) is 3.10. The summed E-state index contributed by atoms with van der Waals surface area (Å²) in [5.41, 5.74) is 2.72. The SMILES string of the molecule is CCc1ccsc1CNCc1cccc(OC(C)C)c1. The molecule has 3 heteroatoms. The van der Waals surface area contributed by atoms with Gasteiger partial charge in [0.1, 0.15) is 5.75 Å². The molecule has 1 aromatic heterocycles. The summed E-state index contributed by atoms with van der Waals surface area (Å²) in [6.45, 7) is 8.12. The smallest absolute Gasteiger partial charge is 0.120 e. The van der Waals surface area contributed by atoms with Gasteiger partial charge in [0.15, 0.2) is 0 Å². The van der Waals surface area contributed by atoms with Gasteiger partial charge in [-0.2, -0.15) is 0 Å². The predicted molar refractivity (Wildman–Crippen MR) is 86.4 cm³/mol. The van der Waals surface area contributed by atoms with Gasteiger partial charge >= 0.3 is 0 Å². The third kappa shape index (κ3) is 4.36. The van der Waals surface area contributed by atoms with Gasteiger partial charge in [-0.25, -0.2) is 0 Å². The fourth-order valence-corrected chi connectivity index (χ4v) is 3.10. The van der Waals surface area contributed by atoms with Gasteiger partial charge in [0.2, 0.25) is 0 Å². The Labute approximate surface area is 125 Å². The average molecular weight is 289 g/mol. The quantitative estimate of drug-likeness (QED) is 0.816. The normalized spacial score (nSPS) is 11.0. The summed E-state index contributed by atoms with van der Waals surface area (Å²) in [5, 5.41) is 5.69. The Morgan fingerprint density at radius 1 is 1.20 bits per heavy atom. The van der Waals surface area contributed by atoms with Gasteiger partial charge in [0.05, 0.1) is 6.10 Å². The highest BCUT2D eigenvalue weighted by Crippen LogP contribution is 2.18. The standard InChI is InChI=1S/C17H23NOS/c1-4-15-8-9-20-17(15)12-18-11-14-6-5-7-16(10-14)19-13(2)3/h5-10,13,18H,4,11-12H2,1-3H3. The van der Waals surface area contributed by atoms with Crippen molar-refractivity contribution >= 4 is 11.3 Å². The maximum absolute atomic E-state index is 5.72. The molecule has 0 radical (unpaired) electrons. The maximum Gasteiger partial charge on any atom is 0.120 e. The van der Waals surface area contributed by atoms with E-state index in [2.05, 4.69) is 41.9 Å². The van der Waals surface area contributed by atoms with Crippen LogP contribution in [0, 0.1) is 0 Å². The Kier molecular flexibility index (Phi) is 5.62. The van der Waals surface area contributed by atoms with Crippen LogP contribution in [-0.4, -0.2) is 6.10 Å². The summed E-state index contributed by atoms with van der Waals surface area (Å²) in [6, 6.07) is 10.5. The van der Waals surface area contributed by atoms with Gasteiger partial charge in [0.25, 0.3) is 0 Å². The van der Waals surface area contributed by atoms with Crippen LogP contribution in [0.2, 0.25) is 0 Å². The minimum Gasteiger partial charge on any atom is -0.491 e. The highest BCUT2D eigenvalue weighted by atomic mass is 32.1. The van der Waals surface area contributed by atoms with E-state index in [1.54, 1.807) is 0 Å². The summed E-state index contributed by atoms with van der Waals surface area (Å²) < 4.78 is 5.72. The van der Waals surface area contributed by atoms with Crippen LogP contribution in [0.4, 0.5) is 0 Å². The zero-order chi connectivity index (χ0) is 14.4. The highest BCUT2D eigenvalue weighted by molar-refractivity contribution is 7.10. The van der Waals surface area contributed by atoms with Crippen molar-refractivity contribution in [2.75, 3.05) is 0 Å². The second-order valence-corrected chi connectivity index (χ2v) is 6.14. The van der Waals surface area contributed by atoms with Crippen LogP contribution in [0.3, 0.4) is 0 Å². The van der Waals surface area contributed by atoms with Gasteiger partial charge < -0.3 is 10.1 Å². The summed E-state index contributed by atoms with van der Waals surface area (Å²) >= 11 is 1.83. The molecule has 0 fully saturated rings. The number of hydrogen-bond acceptors (Lipinski definition) is 3. The summed E-state index contributed by atoms with van der Waals surface area (Å²) in [4.78, 5) is 1.45. The molecule has 0 aliphatic carbocycles. The van der Waals surface area contributed by atoms with Crippen LogP contribution in [0.1, 0.15) is 36.8 Å². The minimum absolute atomic E-state index is 0.219. The summed E-state index contributed by atoms with van der Waals surface area (Å²) in [5.74, 6) is 0.949. The van der Waals surface area contributed by atoms with Crippen LogP contribution in [0.5, 0.6) is 5.75 Å². The lowest BCUT2D eigenvalue weighted by molar-refractivity contribution is 0.242. The Hall–Kier alpha value is -1.32. The van der Waals surface area contributed by atoms with E-state index in [9.17, 15) is 0 Å². The van der Waals surface area contributed by atoms with Gasteiger partial charge in [-0.1, -0.05) is 19.1 Å². The van der Waals surface area contributed by atoms with Crippen molar-refractivity contribution in [2.45, 2.75) is 46.4 Å². The fraction of sp³-hybridized carbons (Fsp3) is 0.412. The Morgan fingerprint density at radius 3 is 2.80 bits per heavy atom. The zero-order valence-corrected chi connectivity index (χ0v) is 13.3. The molecule has 1 heterocycles. The molecular formula is C17H23NOS.